The normalized spacial score (nSPS) is 13.4. The van der Waals surface area contributed by atoms with E-state index in [4.69, 9.17) is 4.74 Å². The Morgan fingerprint density at radius 3 is 2.46 bits per heavy atom. The Balaban J connectivity index is 1.73. The van der Waals surface area contributed by atoms with Gasteiger partial charge in [-0.3, -0.25) is 9.59 Å². The highest BCUT2D eigenvalue weighted by Crippen LogP contribution is 2.31. The van der Waals surface area contributed by atoms with Crippen LogP contribution in [0, 0.1) is 12.8 Å². The summed E-state index contributed by atoms with van der Waals surface area (Å²) in [5, 5.41) is 2.05. The molecule has 28 heavy (non-hydrogen) atoms. The number of hydrogen-bond acceptors (Lipinski definition) is 4. The summed E-state index contributed by atoms with van der Waals surface area (Å²) in [7, 11) is 1.61. The molecule has 0 unspecified atom stereocenters. The highest BCUT2D eigenvalue weighted by Gasteiger charge is 2.34. The Bertz CT molecular complexity index is 786. The molecule has 0 saturated heterocycles. The number of carbonyl (C=O) groups is 2. The Morgan fingerprint density at radius 1 is 1.11 bits per heavy atom. The molecule has 3 rings (SSSR count). The summed E-state index contributed by atoms with van der Waals surface area (Å²) in [5.41, 5.74) is 2.28. The van der Waals surface area contributed by atoms with E-state index >= 15 is 0 Å². The Morgan fingerprint density at radius 2 is 1.86 bits per heavy atom. The zero-order chi connectivity index (χ0) is 19.9. The second-order valence-electron chi connectivity index (χ2n) is 7.29. The fourth-order valence-corrected chi connectivity index (χ4v) is 4.02. The van der Waals surface area contributed by atoms with Crippen LogP contribution in [0.2, 0.25) is 0 Å². The fraction of sp³-hybridized carbons (Fsp3) is 0.455. The van der Waals surface area contributed by atoms with Gasteiger partial charge in [0.05, 0.1) is 19.7 Å². The first-order chi connectivity index (χ1) is 13.6. The van der Waals surface area contributed by atoms with Crippen molar-refractivity contribution in [3.63, 3.8) is 0 Å². The maximum absolute atomic E-state index is 13.2. The van der Waals surface area contributed by atoms with Crippen LogP contribution < -0.4 is 0 Å². The summed E-state index contributed by atoms with van der Waals surface area (Å²) in [5.74, 6) is 0.144. The van der Waals surface area contributed by atoms with Gasteiger partial charge in [-0.25, -0.2) is 0 Å². The van der Waals surface area contributed by atoms with Crippen molar-refractivity contribution in [2.45, 2.75) is 32.9 Å². The second kappa shape index (κ2) is 9.85. The number of methoxy groups -OCH3 is 1. The van der Waals surface area contributed by atoms with Gasteiger partial charge in [0, 0.05) is 31.0 Å². The van der Waals surface area contributed by atoms with Crippen molar-refractivity contribution in [2.75, 3.05) is 26.8 Å². The molecule has 2 aromatic rings. The number of amides is 2. The molecule has 1 aromatic carbocycles. The van der Waals surface area contributed by atoms with E-state index in [0.29, 0.717) is 26.2 Å². The smallest absolute Gasteiger partial charge is 0.242 e. The van der Waals surface area contributed by atoms with Crippen LogP contribution in [0.3, 0.4) is 0 Å². The van der Waals surface area contributed by atoms with E-state index < -0.39 is 0 Å². The van der Waals surface area contributed by atoms with Gasteiger partial charge >= 0.3 is 0 Å². The molecule has 0 atom stereocenters. The van der Waals surface area contributed by atoms with E-state index in [-0.39, 0.29) is 24.3 Å². The third kappa shape index (κ3) is 5.66. The number of nitrogens with zero attached hydrogens (tertiary/aromatic N) is 2. The third-order valence-electron chi connectivity index (χ3n) is 5.00. The van der Waals surface area contributed by atoms with Crippen LogP contribution in [0.25, 0.3) is 0 Å². The number of hydrogen-bond donors (Lipinski definition) is 0. The van der Waals surface area contributed by atoms with Gasteiger partial charge < -0.3 is 14.5 Å². The number of aryl methyl sites for hydroxylation is 1. The Kier molecular flexibility index (Phi) is 7.23. The summed E-state index contributed by atoms with van der Waals surface area (Å²) in [4.78, 5) is 30.5. The molecule has 1 saturated carbocycles. The Hall–Kier alpha value is -2.18. The maximum Gasteiger partial charge on any atom is 0.242 e. The predicted molar refractivity (Wildman–Crippen MR) is 111 cm³/mol. The SMILES string of the molecule is COCCN(CC(=O)N(Cc1ccccc1)Cc1sccc1C)C(=O)C1CC1. The topological polar surface area (TPSA) is 49.9 Å². The standard InChI is InChI=1S/C22H28N2O3S/c1-17-10-13-28-20(17)15-24(14-18-6-4-3-5-7-18)21(25)16-23(11-12-27-2)22(26)19-8-9-19/h3-7,10,13,19H,8-9,11-12,14-16H2,1-2H3. The molecule has 2 amide bonds. The zero-order valence-electron chi connectivity index (χ0n) is 16.6. The summed E-state index contributed by atoms with van der Waals surface area (Å²) in [6.07, 6.45) is 1.86. The van der Waals surface area contributed by atoms with Crippen molar-refractivity contribution in [3.05, 3.63) is 57.8 Å². The number of ether oxygens (including phenoxy) is 1. The van der Waals surface area contributed by atoms with E-state index in [0.717, 1.165) is 18.4 Å². The van der Waals surface area contributed by atoms with Gasteiger partial charge in [0.1, 0.15) is 0 Å². The fourth-order valence-electron chi connectivity index (χ4n) is 3.10. The van der Waals surface area contributed by atoms with Crippen molar-refractivity contribution in [2.24, 2.45) is 5.92 Å². The van der Waals surface area contributed by atoms with Crippen LogP contribution in [-0.2, 0) is 27.4 Å². The van der Waals surface area contributed by atoms with Crippen LogP contribution >= 0.6 is 11.3 Å². The molecule has 1 aromatic heterocycles. The van der Waals surface area contributed by atoms with E-state index in [1.807, 2.05) is 35.2 Å². The molecule has 0 bridgehead atoms. The number of rotatable bonds is 10. The maximum atomic E-state index is 13.2. The van der Waals surface area contributed by atoms with Crippen molar-refractivity contribution < 1.29 is 14.3 Å². The van der Waals surface area contributed by atoms with E-state index in [1.165, 1.54) is 10.4 Å². The highest BCUT2D eigenvalue weighted by molar-refractivity contribution is 7.10. The van der Waals surface area contributed by atoms with Gasteiger partial charge in [0.25, 0.3) is 0 Å². The molecule has 1 heterocycles. The number of thiophene rings is 1. The van der Waals surface area contributed by atoms with Crippen molar-refractivity contribution >= 4 is 23.2 Å². The van der Waals surface area contributed by atoms with Crippen molar-refractivity contribution in [3.8, 4) is 0 Å². The first-order valence-corrected chi connectivity index (χ1v) is 10.6. The average molecular weight is 401 g/mol. The molecule has 5 nitrogen and oxygen atoms in total. The van der Waals surface area contributed by atoms with Gasteiger partial charge in [0.15, 0.2) is 0 Å². The molecule has 0 radical (unpaired) electrons. The van der Waals surface area contributed by atoms with Gasteiger partial charge in [-0.1, -0.05) is 30.3 Å². The van der Waals surface area contributed by atoms with Crippen molar-refractivity contribution in [1.82, 2.24) is 9.80 Å². The molecule has 0 aliphatic heterocycles. The minimum atomic E-state index is -0.0262. The first kappa shape index (κ1) is 20.6. The van der Waals surface area contributed by atoms with Crippen LogP contribution in [0.15, 0.2) is 41.8 Å². The molecule has 0 N–H and O–H groups in total. The molecule has 150 valence electrons. The van der Waals surface area contributed by atoms with Crippen LogP contribution in [0.4, 0.5) is 0 Å². The van der Waals surface area contributed by atoms with Gasteiger partial charge in [-0.15, -0.1) is 11.3 Å². The number of benzene rings is 1. The lowest BCUT2D eigenvalue weighted by atomic mass is 10.2. The third-order valence-corrected chi connectivity index (χ3v) is 6.01. The van der Waals surface area contributed by atoms with E-state index in [9.17, 15) is 9.59 Å². The molecular weight excluding hydrogens is 372 g/mol. The van der Waals surface area contributed by atoms with Gasteiger partial charge in [-0.05, 0) is 42.3 Å². The van der Waals surface area contributed by atoms with E-state index in [1.54, 1.807) is 23.3 Å². The van der Waals surface area contributed by atoms with Gasteiger partial charge in [0.2, 0.25) is 11.8 Å². The molecular formula is C22H28N2O3S. The van der Waals surface area contributed by atoms with Crippen LogP contribution in [-0.4, -0.2) is 48.4 Å². The van der Waals surface area contributed by atoms with Crippen LogP contribution in [0.5, 0.6) is 0 Å². The molecule has 1 aliphatic rings. The number of carbonyl (C=O) groups excluding carboxylic acids is 2. The summed E-state index contributed by atoms with van der Waals surface area (Å²) in [6, 6.07) is 12.1. The average Bonchev–Trinajstić information content (AvgIpc) is 3.48. The predicted octanol–water partition coefficient (Wildman–Crippen LogP) is 3.47. The Labute approximate surface area is 170 Å². The lowest BCUT2D eigenvalue weighted by Crippen LogP contribution is -2.44. The van der Waals surface area contributed by atoms with Gasteiger partial charge in [-0.2, -0.15) is 0 Å². The summed E-state index contributed by atoms with van der Waals surface area (Å²) in [6.45, 7) is 4.16. The summed E-state index contributed by atoms with van der Waals surface area (Å²) >= 11 is 1.67. The molecule has 0 spiro atoms. The minimum absolute atomic E-state index is 0.0262. The quantitative estimate of drug-likeness (QED) is 0.614. The van der Waals surface area contributed by atoms with E-state index in [2.05, 4.69) is 18.4 Å². The summed E-state index contributed by atoms with van der Waals surface area (Å²) < 4.78 is 5.14. The first-order valence-electron chi connectivity index (χ1n) is 9.71. The highest BCUT2D eigenvalue weighted by atomic mass is 32.1. The zero-order valence-corrected chi connectivity index (χ0v) is 17.4. The molecule has 1 aliphatic carbocycles. The monoisotopic (exact) mass is 400 g/mol. The lowest BCUT2D eigenvalue weighted by molar-refractivity contribution is -0.142. The molecule has 1 fully saturated rings. The minimum Gasteiger partial charge on any atom is -0.383 e. The lowest BCUT2D eigenvalue weighted by Gasteiger charge is -2.28. The molecule has 6 heteroatoms. The van der Waals surface area contributed by atoms with Crippen LogP contribution in [0.1, 0.15) is 28.8 Å². The largest absolute Gasteiger partial charge is 0.383 e. The second-order valence-corrected chi connectivity index (χ2v) is 8.29. The van der Waals surface area contributed by atoms with Crippen molar-refractivity contribution in [1.29, 1.82) is 0 Å².